The molecular weight excluding hydrogens is 390 g/mol. The summed E-state index contributed by atoms with van der Waals surface area (Å²) in [5.41, 5.74) is 0. The van der Waals surface area contributed by atoms with Gasteiger partial charge < -0.3 is 24.3 Å². The molecule has 0 atom stereocenters. The maximum Gasteiger partial charge on any atom is 2.00 e. The van der Waals surface area contributed by atoms with Gasteiger partial charge in [0.2, 0.25) is 0 Å². The van der Waals surface area contributed by atoms with E-state index in [-0.39, 0.29) is 38.9 Å². The minimum Gasteiger partial charge on any atom is -0.792 e. The summed E-state index contributed by atoms with van der Waals surface area (Å²) in [6.07, 6.45) is 15.7. The number of esters is 1. The predicted molar refractivity (Wildman–Crippen MR) is 110 cm³/mol. The molecule has 0 heterocycles. The largest absolute Gasteiger partial charge is 2.00 e. The molecule has 0 unspecified atom stereocenters. The number of carbonyl (C=O) groups excluding carboxylic acids is 1. The molecule has 0 saturated heterocycles. The van der Waals surface area contributed by atoms with Gasteiger partial charge in [-0.1, -0.05) is 78.1 Å². The minimum absolute atomic E-state index is 0. The van der Waals surface area contributed by atoms with Crippen LogP contribution in [0.2, 0.25) is 0 Å². The van der Waals surface area contributed by atoms with E-state index in [1.54, 1.807) is 0 Å². The Balaban J connectivity index is -0.000000298. The summed E-state index contributed by atoms with van der Waals surface area (Å²) in [5, 5.41) is 0. The second-order valence-corrected chi connectivity index (χ2v) is 6.12. The first-order valence-electron chi connectivity index (χ1n) is 9.25. The summed E-state index contributed by atoms with van der Waals surface area (Å²) in [6.45, 7) is 8.55. The maximum absolute atomic E-state index is 11.0. The van der Waals surface area contributed by atoms with Crippen LogP contribution in [0.25, 0.3) is 0 Å². The Labute approximate surface area is 177 Å². The Bertz CT molecular complexity index is 216. The molecule has 0 bridgehead atoms. The summed E-state index contributed by atoms with van der Waals surface area (Å²) in [4.78, 5) is 11.0. The fourth-order valence-corrected chi connectivity index (χ4v) is 2.10. The average molecular weight is 430 g/mol. The molecule has 0 fully saturated rings. The van der Waals surface area contributed by atoms with Crippen molar-refractivity contribution in [1.29, 1.82) is 0 Å². The van der Waals surface area contributed by atoms with Crippen LogP contribution in [-0.2, 0) is 41.6 Å². The van der Waals surface area contributed by atoms with Gasteiger partial charge in [-0.15, -0.1) is 0 Å². The fourth-order valence-electron chi connectivity index (χ4n) is 1.93. The SMILES string of the molecule is CCCCCCCCCCCCOC(=O)CC[S-].S.[CH2-]CCC.[Zn+2]. The van der Waals surface area contributed by atoms with Crippen molar-refractivity contribution in [2.24, 2.45) is 0 Å². The molecule has 0 radical (unpaired) electrons. The molecule has 2 nitrogen and oxygen atoms in total. The van der Waals surface area contributed by atoms with Crippen LogP contribution in [0.15, 0.2) is 0 Å². The number of ether oxygens (including phenoxy) is 1. The van der Waals surface area contributed by atoms with Gasteiger partial charge in [-0.05, 0) is 6.42 Å². The van der Waals surface area contributed by atoms with Gasteiger partial charge in [0.15, 0.2) is 0 Å². The molecule has 0 aliphatic rings. The Kier molecular flexibility index (Phi) is 42.7. The zero-order chi connectivity index (χ0) is 16.9. The van der Waals surface area contributed by atoms with Crippen LogP contribution in [0.3, 0.4) is 0 Å². The first-order chi connectivity index (χ1) is 10.7. The van der Waals surface area contributed by atoms with Crippen LogP contribution in [0.5, 0.6) is 0 Å². The summed E-state index contributed by atoms with van der Waals surface area (Å²) in [5.74, 6) is 0.331. The van der Waals surface area contributed by atoms with Gasteiger partial charge in [0.05, 0.1) is 6.61 Å². The maximum atomic E-state index is 11.0. The van der Waals surface area contributed by atoms with E-state index in [0.29, 0.717) is 18.8 Å². The molecule has 0 aromatic rings. The Morgan fingerprint density at radius 2 is 1.29 bits per heavy atom. The smallest absolute Gasteiger partial charge is 0.792 e. The van der Waals surface area contributed by atoms with Gasteiger partial charge in [0.1, 0.15) is 0 Å². The van der Waals surface area contributed by atoms with Gasteiger partial charge in [0.25, 0.3) is 0 Å². The normalized spacial score (nSPS) is 9.17. The van der Waals surface area contributed by atoms with Crippen LogP contribution in [0.1, 0.15) is 97.3 Å². The predicted octanol–water partition coefficient (Wildman–Crippen LogP) is 6.12. The van der Waals surface area contributed by atoms with Gasteiger partial charge in [-0.3, -0.25) is 4.79 Å². The van der Waals surface area contributed by atoms with Crippen molar-refractivity contribution >= 4 is 32.1 Å². The zero-order valence-electron chi connectivity index (χ0n) is 16.2. The zero-order valence-corrected chi connectivity index (χ0v) is 21.0. The van der Waals surface area contributed by atoms with Gasteiger partial charge >= 0.3 is 25.4 Å². The standard InChI is InChI=1S/C15H30O2S.C4H9.H2S.Zn/c1-2-3-4-5-6-7-8-9-10-11-13-17-15(16)12-14-18;1-3-4-2;;/h18H,2-14H2,1H3;1,3-4H2,2H3;1H2;/q;-1;;+2/p-1. The van der Waals surface area contributed by atoms with E-state index in [9.17, 15) is 4.79 Å². The number of carbonyl (C=O) groups is 1. The van der Waals surface area contributed by atoms with E-state index in [4.69, 9.17) is 17.4 Å². The average Bonchev–Trinajstić information content (AvgIpc) is 2.53. The third-order valence-electron chi connectivity index (χ3n) is 3.42. The number of unbranched alkanes of at least 4 members (excludes halogenated alkanes) is 10. The fraction of sp³-hybridized carbons (Fsp3) is 0.895. The van der Waals surface area contributed by atoms with E-state index < -0.39 is 0 Å². The molecule has 0 aromatic heterocycles. The van der Waals surface area contributed by atoms with Crippen molar-refractivity contribution in [2.75, 3.05) is 12.4 Å². The van der Waals surface area contributed by atoms with Crippen LogP contribution < -0.4 is 0 Å². The van der Waals surface area contributed by atoms with Crippen LogP contribution in [0.4, 0.5) is 0 Å². The van der Waals surface area contributed by atoms with Crippen molar-refractivity contribution in [3.63, 3.8) is 0 Å². The molecule has 0 N–H and O–H groups in total. The Hall–Kier alpha value is 0.793. The number of hydrogen-bond acceptors (Lipinski definition) is 3. The molecule has 0 rings (SSSR count). The monoisotopic (exact) mass is 428 g/mol. The van der Waals surface area contributed by atoms with Gasteiger partial charge in [-0.25, -0.2) is 0 Å². The molecule has 142 valence electrons. The summed E-state index contributed by atoms with van der Waals surface area (Å²) in [6, 6.07) is 0. The third kappa shape index (κ3) is 34.2. The molecule has 24 heavy (non-hydrogen) atoms. The van der Waals surface area contributed by atoms with Crippen LogP contribution >= 0.6 is 13.5 Å². The Morgan fingerprint density at radius 1 is 0.875 bits per heavy atom. The van der Waals surface area contributed by atoms with Gasteiger partial charge in [0, 0.05) is 6.42 Å². The Morgan fingerprint density at radius 3 is 1.67 bits per heavy atom. The summed E-state index contributed by atoms with van der Waals surface area (Å²) < 4.78 is 5.05. The summed E-state index contributed by atoms with van der Waals surface area (Å²) in [7, 11) is 0. The molecule has 0 amide bonds. The minimum atomic E-state index is -0.138. The molecule has 0 spiro atoms. The number of hydrogen-bond donors (Lipinski definition) is 0. The van der Waals surface area contributed by atoms with Crippen molar-refractivity contribution in [2.45, 2.75) is 97.3 Å². The quantitative estimate of drug-likeness (QED) is 0.109. The summed E-state index contributed by atoms with van der Waals surface area (Å²) >= 11 is 4.71. The van der Waals surface area contributed by atoms with E-state index in [2.05, 4.69) is 20.8 Å². The molecule has 5 heteroatoms. The molecule has 0 aliphatic carbocycles. The topological polar surface area (TPSA) is 26.3 Å². The molecule has 0 aromatic carbocycles. The van der Waals surface area contributed by atoms with E-state index in [1.165, 1.54) is 64.2 Å². The van der Waals surface area contributed by atoms with E-state index in [0.717, 1.165) is 12.8 Å². The van der Waals surface area contributed by atoms with Crippen molar-refractivity contribution in [3.05, 3.63) is 6.92 Å². The third-order valence-corrected chi connectivity index (χ3v) is 3.62. The molecule has 0 saturated carbocycles. The van der Waals surface area contributed by atoms with Crippen molar-refractivity contribution in [1.82, 2.24) is 0 Å². The first kappa shape index (κ1) is 32.5. The van der Waals surface area contributed by atoms with E-state index in [1.807, 2.05) is 0 Å². The molecular formula is C19H40O2S2Zn. The molecule has 0 aliphatic heterocycles. The van der Waals surface area contributed by atoms with Crippen LogP contribution in [-0.4, -0.2) is 18.3 Å². The van der Waals surface area contributed by atoms with Gasteiger partial charge in [-0.2, -0.15) is 25.7 Å². The van der Waals surface area contributed by atoms with E-state index >= 15 is 0 Å². The second-order valence-electron chi connectivity index (χ2n) is 5.71. The van der Waals surface area contributed by atoms with Crippen LogP contribution in [0, 0.1) is 6.92 Å². The number of rotatable bonds is 14. The van der Waals surface area contributed by atoms with Crippen molar-refractivity contribution in [3.8, 4) is 0 Å². The van der Waals surface area contributed by atoms with Crippen molar-refractivity contribution < 1.29 is 29.0 Å². The first-order valence-corrected chi connectivity index (χ1v) is 9.83. The second kappa shape index (κ2) is 31.6.